The second-order valence-electron chi connectivity index (χ2n) is 4.65. The zero-order chi connectivity index (χ0) is 13.3. The topological polar surface area (TPSA) is 43.8 Å². The second kappa shape index (κ2) is 4.90. The minimum atomic E-state index is -0.223. The van der Waals surface area contributed by atoms with Gasteiger partial charge in [0, 0.05) is 24.3 Å². The molecule has 2 N–H and O–H groups in total. The van der Waals surface area contributed by atoms with Gasteiger partial charge in [-0.1, -0.05) is 12.1 Å². The van der Waals surface area contributed by atoms with Gasteiger partial charge in [0.05, 0.1) is 5.69 Å². The minimum absolute atomic E-state index is 0.152. The van der Waals surface area contributed by atoms with Gasteiger partial charge in [0.15, 0.2) is 0 Å². The van der Waals surface area contributed by atoms with Gasteiger partial charge in [-0.25, -0.2) is 4.39 Å². The molecule has 1 heterocycles. The van der Waals surface area contributed by atoms with E-state index in [1.54, 1.807) is 6.07 Å². The molecule has 0 bridgehead atoms. The Morgan fingerprint density at radius 3 is 2.67 bits per heavy atom. The summed E-state index contributed by atoms with van der Waals surface area (Å²) in [5.41, 5.74) is 10.2. The summed E-state index contributed by atoms with van der Waals surface area (Å²) < 4.78 is 15.0. The van der Waals surface area contributed by atoms with E-state index >= 15 is 0 Å². The van der Waals surface area contributed by atoms with E-state index in [1.807, 2.05) is 31.6 Å². The van der Waals surface area contributed by atoms with Crippen molar-refractivity contribution < 1.29 is 4.39 Å². The molecule has 0 aliphatic carbocycles. The molecule has 1 atom stereocenters. The van der Waals surface area contributed by atoms with E-state index in [1.165, 1.54) is 12.1 Å². The highest BCUT2D eigenvalue weighted by Gasteiger charge is 2.17. The number of nitrogens with zero attached hydrogens (tertiary/aromatic N) is 2. The van der Waals surface area contributed by atoms with Crippen LogP contribution in [0.4, 0.5) is 4.39 Å². The van der Waals surface area contributed by atoms with Crippen LogP contribution in [0.15, 0.2) is 24.3 Å². The molecule has 0 aliphatic heterocycles. The van der Waals surface area contributed by atoms with Gasteiger partial charge in [0.1, 0.15) is 5.82 Å². The number of halogens is 1. The predicted octanol–water partition coefficient (Wildman–Crippen LogP) is 2.42. The Morgan fingerprint density at radius 2 is 2.11 bits per heavy atom. The van der Waals surface area contributed by atoms with Gasteiger partial charge in [0.25, 0.3) is 0 Å². The second-order valence-corrected chi connectivity index (χ2v) is 4.65. The molecular formula is C14H18FN3. The third-order valence-corrected chi connectivity index (χ3v) is 3.28. The molecule has 2 rings (SSSR count). The van der Waals surface area contributed by atoms with Crippen LogP contribution in [0.2, 0.25) is 0 Å². The van der Waals surface area contributed by atoms with Gasteiger partial charge in [-0.15, -0.1) is 0 Å². The lowest BCUT2D eigenvalue weighted by Gasteiger charge is -2.12. The number of aromatic nitrogens is 2. The summed E-state index contributed by atoms with van der Waals surface area (Å²) in [6.07, 6.45) is 0.616. The largest absolute Gasteiger partial charge is 0.324 e. The molecule has 0 saturated carbocycles. The summed E-state index contributed by atoms with van der Waals surface area (Å²) in [6, 6.07) is 6.42. The Balaban J connectivity index is 2.24. The molecule has 1 unspecified atom stereocenters. The lowest BCUT2D eigenvalue weighted by atomic mass is 9.98. The summed E-state index contributed by atoms with van der Waals surface area (Å²) >= 11 is 0. The van der Waals surface area contributed by atoms with E-state index in [9.17, 15) is 4.39 Å². The minimum Gasteiger partial charge on any atom is -0.324 e. The molecule has 2 aromatic rings. The SMILES string of the molecule is Cc1nn(C)c(C)c1C(N)Cc1cccc(F)c1. The molecule has 0 amide bonds. The molecule has 0 aliphatic rings. The first-order valence-corrected chi connectivity index (χ1v) is 5.99. The van der Waals surface area contributed by atoms with Crippen LogP contribution < -0.4 is 5.73 Å². The van der Waals surface area contributed by atoms with Gasteiger partial charge in [-0.3, -0.25) is 4.68 Å². The normalized spacial score (nSPS) is 12.7. The van der Waals surface area contributed by atoms with Crippen molar-refractivity contribution in [2.75, 3.05) is 0 Å². The van der Waals surface area contributed by atoms with Crippen LogP contribution in [0, 0.1) is 19.7 Å². The fourth-order valence-electron chi connectivity index (χ4n) is 2.35. The lowest BCUT2D eigenvalue weighted by molar-refractivity contribution is 0.621. The Bertz CT molecular complexity index is 560. The maximum Gasteiger partial charge on any atom is 0.123 e. The molecule has 0 saturated heterocycles. The molecule has 0 spiro atoms. The molecule has 0 radical (unpaired) electrons. The zero-order valence-corrected chi connectivity index (χ0v) is 10.9. The fourth-order valence-corrected chi connectivity index (χ4v) is 2.35. The molecule has 1 aromatic carbocycles. The van der Waals surface area contributed by atoms with Gasteiger partial charge >= 0.3 is 0 Å². The van der Waals surface area contributed by atoms with Crippen molar-refractivity contribution in [3.63, 3.8) is 0 Å². The van der Waals surface area contributed by atoms with Crippen molar-refractivity contribution in [2.45, 2.75) is 26.3 Å². The average molecular weight is 247 g/mol. The first kappa shape index (κ1) is 12.8. The average Bonchev–Trinajstić information content (AvgIpc) is 2.53. The van der Waals surface area contributed by atoms with Crippen molar-refractivity contribution in [2.24, 2.45) is 12.8 Å². The summed E-state index contributed by atoms with van der Waals surface area (Å²) in [6.45, 7) is 3.95. The Morgan fingerprint density at radius 1 is 1.39 bits per heavy atom. The third kappa shape index (κ3) is 2.43. The smallest absolute Gasteiger partial charge is 0.123 e. The van der Waals surface area contributed by atoms with Crippen molar-refractivity contribution in [3.05, 3.63) is 52.6 Å². The fraction of sp³-hybridized carbons (Fsp3) is 0.357. The van der Waals surface area contributed by atoms with E-state index in [-0.39, 0.29) is 11.9 Å². The molecule has 4 heteroatoms. The van der Waals surface area contributed by atoms with E-state index < -0.39 is 0 Å². The van der Waals surface area contributed by atoms with Crippen LogP contribution in [-0.4, -0.2) is 9.78 Å². The van der Waals surface area contributed by atoms with Gasteiger partial charge in [-0.05, 0) is 38.0 Å². The molecule has 3 nitrogen and oxygen atoms in total. The molecular weight excluding hydrogens is 229 g/mol. The number of nitrogens with two attached hydrogens (primary N) is 1. The first-order valence-electron chi connectivity index (χ1n) is 5.99. The van der Waals surface area contributed by atoms with E-state index in [0.717, 1.165) is 22.5 Å². The van der Waals surface area contributed by atoms with Crippen molar-refractivity contribution >= 4 is 0 Å². The van der Waals surface area contributed by atoms with Crippen molar-refractivity contribution in [1.82, 2.24) is 9.78 Å². The van der Waals surface area contributed by atoms with E-state index in [2.05, 4.69) is 5.10 Å². The van der Waals surface area contributed by atoms with Crippen molar-refractivity contribution in [3.8, 4) is 0 Å². The van der Waals surface area contributed by atoms with Gasteiger partial charge in [0.2, 0.25) is 0 Å². The van der Waals surface area contributed by atoms with Crippen LogP contribution >= 0.6 is 0 Å². The molecule has 18 heavy (non-hydrogen) atoms. The summed E-state index contributed by atoms with van der Waals surface area (Å²) in [5.74, 6) is -0.223. The van der Waals surface area contributed by atoms with Crippen LogP contribution in [0.25, 0.3) is 0 Å². The number of rotatable bonds is 3. The summed E-state index contributed by atoms with van der Waals surface area (Å²) in [7, 11) is 1.90. The first-order chi connectivity index (χ1) is 8.49. The predicted molar refractivity (Wildman–Crippen MR) is 69.7 cm³/mol. The van der Waals surface area contributed by atoms with Gasteiger partial charge in [-0.2, -0.15) is 5.10 Å². The zero-order valence-electron chi connectivity index (χ0n) is 10.9. The monoisotopic (exact) mass is 247 g/mol. The number of benzene rings is 1. The lowest BCUT2D eigenvalue weighted by Crippen LogP contribution is -2.15. The van der Waals surface area contributed by atoms with Crippen molar-refractivity contribution in [1.29, 1.82) is 0 Å². The Labute approximate surface area is 106 Å². The number of hydrogen-bond donors (Lipinski definition) is 1. The summed E-state index contributed by atoms with van der Waals surface area (Å²) in [4.78, 5) is 0. The third-order valence-electron chi connectivity index (χ3n) is 3.28. The highest BCUT2D eigenvalue weighted by molar-refractivity contribution is 5.30. The molecule has 1 aromatic heterocycles. The van der Waals surface area contributed by atoms with E-state index in [4.69, 9.17) is 5.73 Å². The van der Waals surface area contributed by atoms with Crippen LogP contribution in [0.1, 0.15) is 28.6 Å². The van der Waals surface area contributed by atoms with Crippen LogP contribution in [-0.2, 0) is 13.5 Å². The molecule has 0 fully saturated rings. The highest BCUT2D eigenvalue weighted by atomic mass is 19.1. The maximum absolute atomic E-state index is 13.1. The Hall–Kier alpha value is -1.68. The number of aryl methyl sites for hydroxylation is 2. The Kier molecular flexibility index (Phi) is 3.48. The van der Waals surface area contributed by atoms with E-state index in [0.29, 0.717) is 6.42 Å². The van der Waals surface area contributed by atoms with Gasteiger partial charge < -0.3 is 5.73 Å². The maximum atomic E-state index is 13.1. The highest BCUT2D eigenvalue weighted by Crippen LogP contribution is 2.22. The standard InChI is InChI=1S/C14H18FN3/c1-9-14(10(2)18(3)17-9)13(16)8-11-5-4-6-12(15)7-11/h4-7,13H,8,16H2,1-3H3. The van der Waals surface area contributed by atoms with Crippen LogP contribution in [0.5, 0.6) is 0 Å². The summed E-state index contributed by atoms with van der Waals surface area (Å²) in [5, 5.41) is 4.35. The quantitative estimate of drug-likeness (QED) is 0.905. The molecule has 96 valence electrons. The van der Waals surface area contributed by atoms with Crippen LogP contribution in [0.3, 0.4) is 0 Å². The number of hydrogen-bond acceptors (Lipinski definition) is 2.